The minimum atomic E-state index is 0.428. The third-order valence-corrected chi connectivity index (χ3v) is 6.96. The number of benzene rings is 1. The molecule has 184 valence electrons. The van der Waals surface area contributed by atoms with Crippen LogP contribution in [0.5, 0.6) is 0 Å². The number of hydrogen-bond acceptors (Lipinski definition) is 9. The van der Waals surface area contributed by atoms with Crippen LogP contribution in [0.2, 0.25) is 0 Å². The SMILES string of the molecule is c1ccc(-c2cccc(-c3nc(-c4cccc(-c5ccccn5)n4)nc(-c4nc5ccccc5s4)n3)n2)nc1. The van der Waals surface area contributed by atoms with Gasteiger partial charge in [-0.3, -0.25) is 9.97 Å². The summed E-state index contributed by atoms with van der Waals surface area (Å²) in [6.45, 7) is 0. The summed E-state index contributed by atoms with van der Waals surface area (Å²) in [5.74, 6) is 1.32. The van der Waals surface area contributed by atoms with Crippen molar-refractivity contribution in [2.75, 3.05) is 0 Å². The summed E-state index contributed by atoms with van der Waals surface area (Å²) in [5.41, 5.74) is 5.09. The maximum atomic E-state index is 4.83. The zero-order valence-corrected chi connectivity index (χ0v) is 21.2. The van der Waals surface area contributed by atoms with E-state index in [2.05, 4.69) is 9.97 Å². The lowest BCUT2D eigenvalue weighted by molar-refractivity contribution is 1.04. The minimum Gasteiger partial charge on any atom is -0.255 e. The molecule has 0 spiro atoms. The van der Waals surface area contributed by atoms with E-state index in [0.717, 1.165) is 33.0 Å². The highest BCUT2D eigenvalue weighted by Gasteiger charge is 2.17. The molecule has 0 saturated carbocycles. The third-order valence-electron chi connectivity index (χ3n) is 5.93. The van der Waals surface area contributed by atoms with E-state index in [1.807, 2.05) is 97.1 Å². The molecule has 8 nitrogen and oxygen atoms in total. The van der Waals surface area contributed by atoms with Crippen LogP contribution in [-0.2, 0) is 0 Å². The van der Waals surface area contributed by atoms with Gasteiger partial charge in [0.15, 0.2) is 22.5 Å². The number of pyridine rings is 4. The van der Waals surface area contributed by atoms with Crippen LogP contribution in [0.4, 0.5) is 0 Å². The Morgan fingerprint density at radius 2 is 0.897 bits per heavy atom. The zero-order valence-electron chi connectivity index (χ0n) is 20.4. The highest BCUT2D eigenvalue weighted by molar-refractivity contribution is 7.21. The van der Waals surface area contributed by atoms with Gasteiger partial charge in [0.2, 0.25) is 0 Å². The molecule has 9 heteroatoms. The Morgan fingerprint density at radius 3 is 1.46 bits per heavy atom. The summed E-state index contributed by atoms with van der Waals surface area (Å²) >= 11 is 1.53. The number of hydrogen-bond donors (Lipinski definition) is 0. The Bertz CT molecular complexity index is 1790. The van der Waals surface area contributed by atoms with E-state index in [1.165, 1.54) is 11.3 Å². The monoisotopic (exact) mass is 522 g/mol. The van der Waals surface area contributed by atoms with Crippen molar-refractivity contribution in [1.82, 2.24) is 39.9 Å². The normalized spacial score (nSPS) is 11.1. The van der Waals surface area contributed by atoms with Crippen LogP contribution >= 0.6 is 11.3 Å². The molecule has 6 aromatic heterocycles. The molecule has 0 unspecified atom stereocenters. The van der Waals surface area contributed by atoms with E-state index in [4.69, 9.17) is 29.9 Å². The first kappa shape index (κ1) is 22.9. The van der Waals surface area contributed by atoms with E-state index in [-0.39, 0.29) is 0 Å². The van der Waals surface area contributed by atoms with Crippen molar-refractivity contribution in [2.45, 2.75) is 0 Å². The Hall–Kier alpha value is -5.28. The predicted octanol–water partition coefficient (Wildman–Crippen LogP) is 6.40. The Kier molecular flexibility index (Phi) is 5.80. The summed E-state index contributed by atoms with van der Waals surface area (Å²) in [6.07, 6.45) is 3.49. The lowest BCUT2D eigenvalue weighted by atomic mass is 10.2. The number of rotatable bonds is 5. The number of thiazole rings is 1. The van der Waals surface area contributed by atoms with Crippen LogP contribution in [-0.4, -0.2) is 39.9 Å². The van der Waals surface area contributed by atoms with Crippen molar-refractivity contribution in [1.29, 1.82) is 0 Å². The molecule has 0 aliphatic heterocycles. The largest absolute Gasteiger partial charge is 0.255 e. The zero-order chi connectivity index (χ0) is 26.0. The summed E-state index contributed by atoms with van der Waals surface area (Å²) < 4.78 is 1.06. The molecule has 6 heterocycles. The molecule has 0 N–H and O–H groups in total. The number of fused-ring (bicyclic) bond motifs is 1. The quantitative estimate of drug-likeness (QED) is 0.256. The topological polar surface area (TPSA) is 103 Å². The standard InChI is InChI=1S/C30H18N8S/c1-2-16-26-23(11-1)35-30(39-26)29-37-27(24-14-7-12-21(33-24)19-9-3-5-17-31-19)36-28(38-29)25-15-8-13-22(34-25)20-10-4-6-18-32-20/h1-18H. The van der Waals surface area contributed by atoms with Crippen LogP contribution in [0.25, 0.3) is 66.9 Å². The van der Waals surface area contributed by atoms with Crippen LogP contribution in [0.1, 0.15) is 0 Å². The van der Waals surface area contributed by atoms with Crippen molar-refractivity contribution >= 4 is 21.6 Å². The highest BCUT2D eigenvalue weighted by atomic mass is 32.1. The third kappa shape index (κ3) is 4.62. The lowest BCUT2D eigenvalue weighted by Crippen LogP contribution is -2.03. The number of para-hydroxylation sites is 1. The Morgan fingerprint density at radius 1 is 0.385 bits per heavy atom. The molecule has 0 atom stereocenters. The Labute approximate surface area is 227 Å². The lowest BCUT2D eigenvalue weighted by Gasteiger charge is -2.08. The molecular formula is C30H18N8S. The fourth-order valence-corrected chi connectivity index (χ4v) is 5.00. The molecule has 0 fully saturated rings. The van der Waals surface area contributed by atoms with Gasteiger partial charge in [0.1, 0.15) is 11.4 Å². The van der Waals surface area contributed by atoms with Crippen LogP contribution in [0.3, 0.4) is 0 Å². The van der Waals surface area contributed by atoms with Crippen molar-refractivity contribution < 1.29 is 0 Å². The second-order valence-electron chi connectivity index (χ2n) is 8.54. The van der Waals surface area contributed by atoms with E-state index < -0.39 is 0 Å². The van der Waals surface area contributed by atoms with Gasteiger partial charge < -0.3 is 0 Å². The predicted molar refractivity (Wildman–Crippen MR) is 151 cm³/mol. The first-order chi connectivity index (χ1) is 19.3. The van der Waals surface area contributed by atoms with Gasteiger partial charge in [0.25, 0.3) is 0 Å². The van der Waals surface area contributed by atoms with Crippen LogP contribution in [0.15, 0.2) is 109 Å². The van der Waals surface area contributed by atoms with Crippen LogP contribution in [0, 0.1) is 0 Å². The molecule has 39 heavy (non-hydrogen) atoms. The highest BCUT2D eigenvalue weighted by Crippen LogP contribution is 2.30. The smallest absolute Gasteiger partial charge is 0.193 e. The maximum absolute atomic E-state index is 4.83. The van der Waals surface area contributed by atoms with Gasteiger partial charge in [0, 0.05) is 12.4 Å². The number of nitrogens with zero attached hydrogens (tertiary/aromatic N) is 8. The fraction of sp³-hybridized carbons (Fsp3) is 0. The first-order valence-corrected chi connectivity index (χ1v) is 13.0. The molecule has 0 amide bonds. The molecule has 0 radical (unpaired) electrons. The maximum Gasteiger partial charge on any atom is 0.193 e. The molecule has 7 rings (SSSR count). The average molecular weight is 523 g/mol. The van der Waals surface area contributed by atoms with Gasteiger partial charge in [-0.05, 0) is 60.7 Å². The molecular weight excluding hydrogens is 504 g/mol. The van der Waals surface area contributed by atoms with Crippen LogP contribution < -0.4 is 0 Å². The van der Waals surface area contributed by atoms with Crippen molar-refractivity contribution in [3.8, 4) is 56.6 Å². The molecule has 7 aromatic rings. The van der Waals surface area contributed by atoms with E-state index in [0.29, 0.717) is 33.9 Å². The minimum absolute atomic E-state index is 0.428. The second-order valence-corrected chi connectivity index (χ2v) is 9.57. The van der Waals surface area contributed by atoms with E-state index in [1.54, 1.807) is 12.4 Å². The molecule has 1 aromatic carbocycles. The molecule has 0 aliphatic rings. The summed E-state index contributed by atoms with van der Waals surface area (Å²) in [5, 5.41) is 0.697. The molecule has 0 bridgehead atoms. The fourth-order valence-electron chi connectivity index (χ4n) is 4.10. The van der Waals surface area contributed by atoms with Crippen molar-refractivity contribution in [3.05, 3.63) is 109 Å². The summed E-state index contributed by atoms with van der Waals surface area (Å²) in [6, 6.07) is 30.9. The van der Waals surface area contributed by atoms with Gasteiger partial charge in [0.05, 0.1) is 33.0 Å². The Balaban J connectivity index is 1.39. The first-order valence-electron chi connectivity index (χ1n) is 12.2. The van der Waals surface area contributed by atoms with Crippen molar-refractivity contribution in [3.63, 3.8) is 0 Å². The molecule has 0 aliphatic carbocycles. The van der Waals surface area contributed by atoms with E-state index in [9.17, 15) is 0 Å². The summed E-state index contributed by atoms with van der Waals surface area (Å²) in [7, 11) is 0. The second kappa shape index (κ2) is 9.88. The summed E-state index contributed by atoms with van der Waals surface area (Å²) in [4.78, 5) is 37.8. The van der Waals surface area contributed by atoms with Gasteiger partial charge in [-0.1, -0.05) is 36.4 Å². The van der Waals surface area contributed by atoms with Crippen molar-refractivity contribution in [2.24, 2.45) is 0 Å². The van der Waals surface area contributed by atoms with Gasteiger partial charge in [-0.25, -0.2) is 29.9 Å². The average Bonchev–Trinajstić information content (AvgIpc) is 3.47. The molecule has 0 saturated heterocycles. The van der Waals surface area contributed by atoms with Gasteiger partial charge in [-0.2, -0.15) is 0 Å². The van der Waals surface area contributed by atoms with E-state index >= 15 is 0 Å². The van der Waals surface area contributed by atoms with Gasteiger partial charge in [-0.15, -0.1) is 11.3 Å². The number of aromatic nitrogens is 8. The van der Waals surface area contributed by atoms with Gasteiger partial charge >= 0.3 is 0 Å².